The van der Waals surface area contributed by atoms with Crippen molar-refractivity contribution >= 4 is 11.8 Å². The molecule has 136 valence electrons. The molecule has 6 nitrogen and oxygen atoms in total. The monoisotopic (exact) mass is 379 g/mol. The first kappa shape index (κ1) is 17.4. The zero-order valence-electron chi connectivity index (χ0n) is 14.7. The number of benzene rings is 2. The summed E-state index contributed by atoms with van der Waals surface area (Å²) in [7, 11) is 0. The first-order valence-electron chi connectivity index (χ1n) is 8.51. The van der Waals surface area contributed by atoms with Crippen molar-refractivity contribution in [2.24, 2.45) is 0 Å². The number of rotatable bonds is 7. The smallest absolute Gasteiger partial charge is 0.277 e. The quantitative estimate of drug-likeness (QED) is 0.414. The summed E-state index contributed by atoms with van der Waals surface area (Å²) in [5.74, 6) is 3.15. The number of nitrogens with zero attached hydrogens (tertiary/aromatic N) is 3. The first-order valence-corrected chi connectivity index (χ1v) is 9.50. The third kappa shape index (κ3) is 4.20. The van der Waals surface area contributed by atoms with Crippen molar-refractivity contribution in [3.8, 4) is 28.5 Å². The molecular weight excluding hydrogens is 362 g/mol. The van der Waals surface area contributed by atoms with Gasteiger partial charge in [-0.05, 0) is 31.2 Å². The van der Waals surface area contributed by atoms with Gasteiger partial charge in [-0.15, -0.1) is 10.2 Å². The molecule has 0 atom stereocenters. The number of ether oxygens (including phenoxy) is 1. The second-order valence-corrected chi connectivity index (χ2v) is 6.53. The molecule has 7 heteroatoms. The standard InChI is InChI=1S/C20H17N3O3S/c1-2-24-16-10-8-15(9-11-16)19-22-23-20(26-19)27-13-18-21-12-17(25-18)14-6-4-3-5-7-14/h3-12H,2,13H2,1H3. The van der Waals surface area contributed by atoms with Crippen molar-refractivity contribution in [3.05, 3.63) is 66.7 Å². The fraction of sp³-hybridized carbons (Fsp3) is 0.150. The molecule has 0 saturated heterocycles. The molecule has 0 radical (unpaired) electrons. The lowest BCUT2D eigenvalue weighted by Crippen LogP contribution is -1.90. The van der Waals surface area contributed by atoms with E-state index in [1.54, 1.807) is 6.20 Å². The molecule has 0 fully saturated rings. The van der Waals surface area contributed by atoms with Crippen molar-refractivity contribution in [3.63, 3.8) is 0 Å². The van der Waals surface area contributed by atoms with Gasteiger partial charge in [-0.1, -0.05) is 42.1 Å². The minimum atomic E-state index is 0.470. The van der Waals surface area contributed by atoms with Gasteiger partial charge < -0.3 is 13.6 Å². The van der Waals surface area contributed by atoms with Gasteiger partial charge in [-0.3, -0.25) is 0 Å². The normalized spacial score (nSPS) is 10.9. The molecule has 0 spiro atoms. The maximum Gasteiger partial charge on any atom is 0.277 e. The van der Waals surface area contributed by atoms with Gasteiger partial charge in [0.2, 0.25) is 11.8 Å². The Morgan fingerprint density at radius 1 is 0.926 bits per heavy atom. The van der Waals surface area contributed by atoms with Crippen molar-refractivity contribution < 1.29 is 13.6 Å². The van der Waals surface area contributed by atoms with Crippen LogP contribution in [0.3, 0.4) is 0 Å². The Bertz CT molecular complexity index is 997. The van der Waals surface area contributed by atoms with Crippen LogP contribution in [-0.2, 0) is 5.75 Å². The van der Waals surface area contributed by atoms with Gasteiger partial charge in [0.1, 0.15) is 5.75 Å². The van der Waals surface area contributed by atoms with E-state index in [0.29, 0.717) is 29.4 Å². The molecule has 2 aromatic heterocycles. The Morgan fingerprint density at radius 3 is 2.52 bits per heavy atom. The Balaban J connectivity index is 1.39. The van der Waals surface area contributed by atoms with Gasteiger partial charge >= 0.3 is 0 Å². The van der Waals surface area contributed by atoms with E-state index in [-0.39, 0.29) is 0 Å². The zero-order valence-corrected chi connectivity index (χ0v) is 15.5. The van der Waals surface area contributed by atoms with E-state index in [4.69, 9.17) is 13.6 Å². The van der Waals surface area contributed by atoms with Crippen LogP contribution in [0.2, 0.25) is 0 Å². The largest absolute Gasteiger partial charge is 0.494 e. The molecule has 0 saturated carbocycles. The summed E-state index contributed by atoms with van der Waals surface area (Å²) >= 11 is 1.39. The van der Waals surface area contributed by atoms with E-state index in [9.17, 15) is 0 Å². The molecule has 4 aromatic rings. The number of hydrogen-bond donors (Lipinski definition) is 0. The summed E-state index contributed by atoms with van der Waals surface area (Å²) in [6, 6.07) is 17.4. The lowest BCUT2D eigenvalue weighted by atomic mass is 10.2. The van der Waals surface area contributed by atoms with E-state index >= 15 is 0 Å². The molecule has 0 aliphatic carbocycles. The van der Waals surface area contributed by atoms with Crippen molar-refractivity contribution in [1.29, 1.82) is 0 Å². The minimum Gasteiger partial charge on any atom is -0.494 e. The summed E-state index contributed by atoms with van der Waals surface area (Å²) in [4.78, 5) is 4.31. The van der Waals surface area contributed by atoms with Crippen molar-refractivity contribution in [1.82, 2.24) is 15.2 Å². The fourth-order valence-electron chi connectivity index (χ4n) is 2.48. The van der Waals surface area contributed by atoms with E-state index in [1.807, 2.05) is 61.5 Å². The molecule has 0 bridgehead atoms. The highest BCUT2D eigenvalue weighted by Gasteiger charge is 2.12. The molecular formula is C20H17N3O3S. The molecule has 27 heavy (non-hydrogen) atoms. The van der Waals surface area contributed by atoms with E-state index in [2.05, 4.69) is 15.2 Å². The molecule has 4 rings (SSSR count). The maximum atomic E-state index is 5.78. The molecule has 0 aliphatic heterocycles. The summed E-state index contributed by atoms with van der Waals surface area (Å²) in [6.07, 6.45) is 1.73. The van der Waals surface area contributed by atoms with E-state index in [1.165, 1.54) is 11.8 Å². The Morgan fingerprint density at radius 2 is 1.74 bits per heavy atom. The molecule has 0 N–H and O–H groups in total. The van der Waals surface area contributed by atoms with Gasteiger partial charge in [-0.25, -0.2) is 4.98 Å². The van der Waals surface area contributed by atoms with Crippen LogP contribution in [0.25, 0.3) is 22.8 Å². The maximum absolute atomic E-state index is 5.78. The summed E-state index contributed by atoms with van der Waals surface area (Å²) in [5.41, 5.74) is 1.84. The summed E-state index contributed by atoms with van der Waals surface area (Å²) in [5, 5.41) is 8.65. The highest BCUT2D eigenvalue weighted by molar-refractivity contribution is 7.98. The van der Waals surface area contributed by atoms with Crippen LogP contribution in [0.15, 0.2) is 74.9 Å². The predicted octanol–water partition coefficient (Wildman–Crippen LogP) is 5.08. The number of thioether (sulfide) groups is 1. The molecule has 0 aliphatic rings. The second-order valence-electron chi connectivity index (χ2n) is 5.60. The number of oxazole rings is 1. The lowest BCUT2D eigenvalue weighted by molar-refractivity contribution is 0.340. The molecule has 0 amide bonds. The van der Waals surface area contributed by atoms with Crippen LogP contribution in [-0.4, -0.2) is 21.8 Å². The Labute approximate surface area is 160 Å². The third-order valence-electron chi connectivity index (χ3n) is 3.75. The second kappa shape index (κ2) is 8.09. The molecule has 2 heterocycles. The van der Waals surface area contributed by atoms with Gasteiger partial charge in [-0.2, -0.15) is 0 Å². The molecule has 0 unspecified atom stereocenters. The Hall–Kier alpha value is -3.06. The minimum absolute atomic E-state index is 0.470. The van der Waals surface area contributed by atoms with E-state index < -0.39 is 0 Å². The third-order valence-corrected chi connectivity index (χ3v) is 4.55. The lowest BCUT2D eigenvalue weighted by Gasteiger charge is -2.02. The SMILES string of the molecule is CCOc1ccc(-c2nnc(SCc3ncc(-c4ccccc4)o3)o2)cc1. The van der Waals surface area contributed by atoms with Crippen molar-refractivity contribution in [2.45, 2.75) is 17.9 Å². The Kier molecular flexibility index (Phi) is 5.20. The van der Waals surface area contributed by atoms with Crippen LogP contribution < -0.4 is 4.74 Å². The predicted molar refractivity (Wildman–Crippen MR) is 102 cm³/mol. The van der Waals surface area contributed by atoms with Crippen LogP contribution in [0.5, 0.6) is 5.75 Å². The average Bonchev–Trinajstić information content (AvgIpc) is 3.38. The first-order chi connectivity index (χ1) is 13.3. The topological polar surface area (TPSA) is 74.2 Å². The average molecular weight is 379 g/mol. The number of aromatic nitrogens is 3. The van der Waals surface area contributed by atoms with Gasteiger partial charge in [0.05, 0.1) is 18.6 Å². The van der Waals surface area contributed by atoms with Gasteiger partial charge in [0.25, 0.3) is 5.22 Å². The van der Waals surface area contributed by atoms with Crippen LogP contribution in [0, 0.1) is 0 Å². The number of hydrogen-bond acceptors (Lipinski definition) is 7. The molecule has 2 aromatic carbocycles. The highest BCUT2D eigenvalue weighted by atomic mass is 32.2. The van der Waals surface area contributed by atoms with Crippen LogP contribution in [0.1, 0.15) is 12.8 Å². The summed E-state index contributed by atoms with van der Waals surface area (Å²) < 4.78 is 16.9. The summed E-state index contributed by atoms with van der Waals surface area (Å²) in [6.45, 7) is 2.58. The van der Waals surface area contributed by atoms with Crippen LogP contribution >= 0.6 is 11.8 Å². The van der Waals surface area contributed by atoms with Crippen LogP contribution in [0.4, 0.5) is 0 Å². The van der Waals surface area contributed by atoms with Gasteiger partial charge in [0, 0.05) is 11.1 Å². The highest BCUT2D eigenvalue weighted by Crippen LogP contribution is 2.28. The zero-order chi connectivity index (χ0) is 18.5. The fourth-order valence-corrected chi connectivity index (χ4v) is 3.10. The van der Waals surface area contributed by atoms with Crippen molar-refractivity contribution in [2.75, 3.05) is 6.61 Å². The van der Waals surface area contributed by atoms with Gasteiger partial charge in [0.15, 0.2) is 5.76 Å². The van der Waals surface area contributed by atoms with E-state index in [0.717, 1.165) is 22.6 Å².